The van der Waals surface area contributed by atoms with E-state index in [9.17, 15) is 0 Å². The van der Waals surface area contributed by atoms with E-state index in [1.807, 2.05) is 24.4 Å². The maximum Gasteiger partial charge on any atom is 0.108 e. The van der Waals surface area contributed by atoms with Crippen molar-refractivity contribution < 1.29 is 4.74 Å². The molecular formula is C15H20N2O. The Morgan fingerprint density at radius 3 is 2.67 bits per heavy atom. The van der Waals surface area contributed by atoms with E-state index in [1.165, 1.54) is 5.56 Å². The summed E-state index contributed by atoms with van der Waals surface area (Å²) in [6.45, 7) is 5.65. The Labute approximate surface area is 108 Å². The van der Waals surface area contributed by atoms with Gasteiger partial charge < -0.3 is 9.72 Å². The van der Waals surface area contributed by atoms with E-state index in [2.05, 4.69) is 35.9 Å². The molecular weight excluding hydrogens is 224 g/mol. The second-order valence-electron chi connectivity index (χ2n) is 4.71. The van der Waals surface area contributed by atoms with E-state index < -0.39 is 0 Å². The highest BCUT2D eigenvalue weighted by molar-refractivity contribution is 5.13. The van der Waals surface area contributed by atoms with Gasteiger partial charge in [0.1, 0.15) is 5.82 Å². The van der Waals surface area contributed by atoms with Crippen LogP contribution in [-0.4, -0.2) is 16.6 Å². The molecule has 1 N–H and O–H groups in total. The van der Waals surface area contributed by atoms with Crippen molar-refractivity contribution in [2.45, 2.75) is 32.8 Å². The van der Waals surface area contributed by atoms with Crippen molar-refractivity contribution in [1.82, 2.24) is 9.97 Å². The molecule has 0 saturated carbocycles. The SMILES string of the molecule is CC(C)c1c[nH]c(CCOCc2ccccc2)n1. The van der Waals surface area contributed by atoms with Gasteiger partial charge in [0, 0.05) is 12.6 Å². The van der Waals surface area contributed by atoms with Gasteiger partial charge in [-0.2, -0.15) is 0 Å². The van der Waals surface area contributed by atoms with Crippen molar-refractivity contribution in [1.29, 1.82) is 0 Å². The summed E-state index contributed by atoms with van der Waals surface area (Å²) in [6.07, 6.45) is 2.82. The molecule has 0 bridgehead atoms. The second kappa shape index (κ2) is 6.36. The van der Waals surface area contributed by atoms with E-state index >= 15 is 0 Å². The third-order valence-electron chi connectivity index (χ3n) is 2.84. The summed E-state index contributed by atoms with van der Waals surface area (Å²) in [7, 11) is 0. The van der Waals surface area contributed by atoms with Crippen molar-refractivity contribution in [3.8, 4) is 0 Å². The molecule has 0 aliphatic heterocycles. The smallest absolute Gasteiger partial charge is 0.108 e. The fourth-order valence-corrected chi connectivity index (χ4v) is 1.73. The van der Waals surface area contributed by atoms with Gasteiger partial charge in [-0.3, -0.25) is 0 Å². The molecule has 0 aliphatic carbocycles. The lowest BCUT2D eigenvalue weighted by molar-refractivity contribution is 0.122. The first-order valence-corrected chi connectivity index (χ1v) is 6.41. The highest BCUT2D eigenvalue weighted by Gasteiger charge is 2.04. The van der Waals surface area contributed by atoms with E-state index in [4.69, 9.17) is 4.74 Å². The Hall–Kier alpha value is -1.61. The zero-order valence-electron chi connectivity index (χ0n) is 11.0. The first kappa shape index (κ1) is 12.8. The third-order valence-corrected chi connectivity index (χ3v) is 2.84. The van der Waals surface area contributed by atoms with Crippen molar-refractivity contribution in [3.63, 3.8) is 0 Å². The summed E-state index contributed by atoms with van der Waals surface area (Å²) >= 11 is 0. The minimum Gasteiger partial charge on any atom is -0.376 e. The molecule has 0 saturated heterocycles. The highest BCUT2D eigenvalue weighted by Crippen LogP contribution is 2.11. The predicted octanol–water partition coefficient (Wildman–Crippen LogP) is 3.29. The van der Waals surface area contributed by atoms with Crippen LogP contribution < -0.4 is 0 Å². The average Bonchev–Trinajstić information content (AvgIpc) is 2.85. The summed E-state index contributed by atoms with van der Waals surface area (Å²) in [5, 5.41) is 0. The Balaban J connectivity index is 1.72. The van der Waals surface area contributed by atoms with Crippen molar-refractivity contribution >= 4 is 0 Å². The number of H-pyrrole nitrogens is 1. The number of rotatable bonds is 6. The van der Waals surface area contributed by atoms with E-state index in [0.717, 1.165) is 17.9 Å². The molecule has 3 heteroatoms. The van der Waals surface area contributed by atoms with Crippen LogP contribution in [0.25, 0.3) is 0 Å². The van der Waals surface area contributed by atoms with Crippen LogP contribution >= 0.6 is 0 Å². The standard InChI is InChI=1S/C15H20N2O/c1-12(2)14-10-16-15(17-14)8-9-18-11-13-6-4-3-5-7-13/h3-7,10,12H,8-9,11H2,1-2H3,(H,16,17). The lowest BCUT2D eigenvalue weighted by Crippen LogP contribution is -2.00. The number of hydrogen-bond acceptors (Lipinski definition) is 2. The van der Waals surface area contributed by atoms with E-state index in [0.29, 0.717) is 19.1 Å². The van der Waals surface area contributed by atoms with E-state index in [-0.39, 0.29) is 0 Å². The summed E-state index contributed by atoms with van der Waals surface area (Å²) in [5.74, 6) is 1.48. The Bertz CT molecular complexity index is 462. The van der Waals surface area contributed by atoms with Crippen molar-refractivity contribution in [3.05, 3.63) is 53.6 Å². The average molecular weight is 244 g/mol. The molecule has 0 radical (unpaired) electrons. The summed E-state index contributed by atoms with van der Waals surface area (Å²) in [5.41, 5.74) is 2.33. The van der Waals surface area contributed by atoms with Crippen LogP contribution in [0.5, 0.6) is 0 Å². The number of aromatic amines is 1. The minimum atomic E-state index is 0.472. The second-order valence-corrected chi connectivity index (χ2v) is 4.71. The first-order valence-electron chi connectivity index (χ1n) is 6.41. The number of aromatic nitrogens is 2. The number of ether oxygens (including phenoxy) is 1. The van der Waals surface area contributed by atoms with Gasteiger partial charge in [0.15, 0.2) is 0 Å². The van der Waals surface area contributed by atoms with Crippen LogP contribution in [0.4, 0.5) is 0 Å². The van der Waals surface area contributed by atoms with E-state index in [1.54, 1.807) is 0 Å². The third kappa shape index (κ3) is 3.70. The molecule has 0 fully saturated rings. The molecule has 0 amide bonds. The quantitative estimate of drug-likeness (QED) is 0.792. The van der Waals surface area contributed by atoms with Crippen LogP contribution in [0, 0.1) is 0 Å². The van der Waals surface area contributed by atoms with Crippen LogP contribution in [0.15, 0.2) is 36.5 Å². The zero-order chi connectivity index (χ0) is 12.8. The number of hydrogen-bond donors (Lipinski definition) is 1. The van der Waals surface area contributed by atoms with Crippen LogP contribution in [-0.2, 0) is 17.8 Å². The largest absolute Gasteiger partial charge is 0.376 e. The maximum absolute atomic E-state index is 5.63. The highest BCUT2D eigenvalue weighted by atomic mass is 16.5. The first-order chi connectivity index (χ1) is 8.75. The van der Waals surface area contributed by atoms with Gasteiger partial charge in [0.05, 0.1) is 18.9 Å². The van der Waals surface area contributed by atoms with Gasteiger partial charge in [0.2, 0.25) is 0 Å². The molecule has 2 rings (SSSR count). The lowest BCUT2D eigenvalue weighted by atomic mass is 10.2. The number of benzene rings is 1. The topological polar surface area (TPSA) is 37.9 Å². The molecule has 3 nitrogen and oxygen atoms in total. The Morgan fingerprint density at radius 2 is 2.00 bits per heavy atom. The molecule has 1 aromatic carbocycles. The molecule has 18 heavy (non-hydrogen) atoms. The maximum atomic E-state index is 5.63. The van der Waals surface area contributed by atoms with Crippen LogP contribution in [0.1, 0.15) is 36.8 Å². The Kier molecular flexibility index (Phi) is 4.53. The summed E-state index contributed by atoms with van der Waals surface area (Å²) in [4.78, 5) is 7.71. The van der Waals surface area contributed by atoms with Crippen molar-refractivity contribution in [2.75, 3.05) is 6.61 Å². The molecule has 1 heterocycles. The fraction of sp³-hybridized carbons (Fsp3) is 0.400. The molecule has 2 aromatic rings. The zero-order valence-corrected chi connectivity index (χ0v) is 11.0. The molecule has 0 atom stereocenters. The van der Waals surface area contributed by atoms with Gasteiger partial charge in [-0.05, 0) is 11.5 Å². The van der Waals surface area contributed by atoms with Crippen molar-refractivity contribution in [2.24, 2.45) is 0 Å². The normalized spacial score (nSPS) is 11.1. The Morgan fingerprint density at radius 1 is 1.22 bits per heavy atom. The number of imidazole rings is 1. The summed E-state index contributed by atoms with van der Waals surface area (Å²) < 4.78 is 5.63. The van der Waals surface area contributed by atoms with Gasteiger partial charge in [0.25, 0.3) is 0 Å². The molecule has 96 valence electrons. The number of nitrogens with one attached hydrogen (secondary N) is 1. The molecule has 0 unspecified atom stereocenters. The summed E-state index contributed by atoms with van der Waals surface area (Å²) in [6, 6.07) is 10.2. The van der Waals surface area contributed by atoms with Crippen LogP contribution in [0.2, 0.25) is 0 Å². The fourth-order valence-electron chi connectivity index (χ4n) is 1.73. The predicted molar refractivity (Wildman–Crippen MR) is 72.5 cm³/mol. The van der Waals surface area contributed by atoms with Gasteiger partial charge in [-0.1, -0.05) is 44.2 Å². The van der Waals surface area contributed by atoms with Gasteiger partial charge in [-0.15, -0.1) is 0 Å². The molecule has 0 spiro atoms. The van der Waals surface area contributed by atoms with Crippen LogP contribution in [0.3, 0.4) is 0 Å². The number of nitrogens with zero attached hydrogens (tertiary/aromatic N) is 1. The minimum absolute atomic E-state index is 0.472. The van der Waals surface area contributed by atoms with Gasteiger partial charge >= 0.3 is 0 Å². The molecule has 1 aromatic heterocycles. The molecule has 0 aliphatic rings. The lowest BCUT2D eigenvalue weighted by Gasteiger charge is -2.03. The monoisotopic (exact) mass is 244 g/mol. The van der Waals surface area contributed by atoms with Gasteiger partial charge in [-0.25, -0.2) is 4.98 Å².